The molecule has 6 aromatic carbocycles. The quantitative estimate of drug-likeness (QED) is 0.217. The smallest absolute Gasteiger partial charge is 0.0991 e. The molecule has 186 valence electrons. The number of rotatable bonds is 3. The highest BCUT2D eigenvalue weighted by Crippen LogP contribution is 2.43. The van der Waals surface area contributed by atoms with E-state index >= 15 is 0 Å². The molecular formula is C37H21NS2. The van der Waals surface area contributed by atoms with Gasteiger partial charge in [0.1, 0.15) is 0 Å². The van der Waals surface area contributed by atoms with Crippen molar-refractivity contribution in [2.24, 2.45) is 0 Å². The molecule has 0 N–H and O–H groups in total. The van der Waals surface area contributed by atoms with Gasteiger partial charge in [-0.1, -0.05) is 78.9 Å². The summed E-state index contributed by atoms with van der Waals surface area (Å²) in [7, 11) is 0. The number of benzene rings is 6. The molecule has 0 atom stereocenters. The molecule has 0 aliphatic heterocycles. The van der Waals surface area contributed by atoms with Crippen LogP contribution in [0.3, 0.4) is 0 Å². The third-order valence-corrected chi connectivity index (χ3v) is 10.1. The number of hydrogen-bond donors (Lipinski definition) is 0. The van der Waals surface area contributed by atoms with Crippen LogP contribution in [0.25, 0.3) is 73.7 Å². The number of fused-ring (bicyclic) bond motifs is 6. The fourth-order valence-corrected chi connectivity index (χ4v) is 8.12. The summed E-state index contributed by atoms with van der Waals surface area (Å²) in [5, 5.41) is 14.6. The Labute approximate surface area is 239 Å². The molecule has 0 spiro atoms. The number of nitrogens with zero attached hydrogens (tertiary/aromatic N) is 1. The summed E-state index contributed by atoms with van der Waals surface area (Å²) in [5.41, 5.74) is 7.77. The van der Waals surface area contributed by atoms with Crippen molar-refractivity contribution in [1.82, 2.24) is 0 Å². The van der Waals surface area contributed by atoms with Crippen molar-refractivity contribution in [3.05, 3.63) is 133 Å². The Kier molecular flexibility index (Phi) is 5.31. The molecule has 8 rings (SSSR count). The molecule has 3 heteroatoms. The van der Waals surface area contributed by atoms with Crippen LogP contribution in [0, 0.1) is 11.3 Å². The van der Waals surface area contributed by atoms with Gasteiger partial charge in [0.05, 0.1) is 11.6 Å². The second kappa shape index (κ2) is 9.17. The highest BCUT2D eigenvalue weighted by atomic mass is 32.1. The van der Waals surface area contributed by atoms with Crippen LogP contribution in [-0.4, -0.2) is 0 Å². The average molecular weight is 544 g/mol. The Morgan fingerprint density at radius 2 is 1.02 bits per heavy atom. The number of hydrogen-bond acceptors (Lipinski definition) is 3. The van der Waals surface area contributed by atoms with E-state index in [1.54, 1.807) is 0 Å². The van der Waals surface area contributed by atoms with E-state index in [1.807, 2.05) is 34.8 Å². The van der Waals surface area contributed by atoms with Gasteiger partial charge in [0.15, 0.2) is 0 Å². The lowest BCUT2D eigenvalue weighted by Gasteiger charge is -2.12. The standard InChI is InChI=1S/C37H21NS2/c38-22-23-12-14-24(15-13-23)26-18-27(25-16-17-32-30-6-1-3-10-34(30)39-36(32)21-25)20-28(19-26)29-8-5-9-33-31-7-2-4-11-35(31)40-37(29)33/h1-21H. The lowest BCUT2D eigenvalue weighted by Crippen LogP contribution is -1.87. The van der Waals surface area contributed by atoms with Gasteiger partial charge in [-0.3, -0.25) is 0 Å². The maximum absolute atomic E-state index is 9.34. The monoisotopic (exact) mass is 543 g/mol. The normalized spacial score (nSPS) is 11.5. The Morgan fingerprint density at radius 3 is 1.80 bits per heavy atom. The molecule has 0 amide bonds. The maximum atomic E-state index is 9.34. The van der Waals surface area contributed by atoms with Gasteiger partial charge in [-0.2, -0.15) is 5.26 Å². The predicted octanol–water partition coefficient (Wildman–Crippen LogP) is 11.3. The Balaban J connectivity index is 1.37. The van der Waals surface area contributed by atoms with Crippen LogP contribution in [-0.2, 0) is 0 Å². The molecule has 8 aromatic rings. The van der Waals surface area contributed by atoms with Gasteiger partial charge >= 0.3 is 0 Å². The summed E-state index contributed by atoms with van der Waals surface area (Å²) in [4.78, 5) is 0. The summed E-state index contributed by atoms with van der Waals surface area (Å²) in [6.07, 6.45) is 0. The van der Waals surface area contributed by atoms with Crippen LogP contribution in [0.4, 0.5) is 0 Å². The zero-order valence-electron chi connectivity index (χ0n) is 21.4. The molecule has 0 aliphatic rings. The third kappa shape index (κ3) is 3.73. The lowest BCUT2D eigenvalue weighted by molar-refractivity contribution is 1.48. The van der Waals surface area contributed by atoms with Crippen LogP contribution in [0.15, 0.2) is 127 Å². The molecule has 0 saturated carbocycles. The van der Waals surface area contributed by atoms with Crippen LogP contribution in [0.1, 0.15) is 5.56 Å². The second-order valence-electron chi connectivity index (χ2n) is 10.1. The lowest BCUT2D eigenvalue weighted by atomic mass is 9.92. The van der Waals surface area contributed by atoms with Crippen molar-refractivity contribution in [3.63, 3.8) is 0 Å². The molecule has 2 aromatic heterocycles. The minimum absolute atomic E-state index is 0.672. The summed E-state index contributed by atoms with van der Waals surface area (Å²) >= 11 is 3.71. The van der Waals surface area contributed by atoms with Crippen LogP contribution >= 0.6 is 22.7 Å². The zero-order chi connectivity index (χ0) is 26.6. The van der Waals surface area contributed by atoms with Gasteiger partial charge in [0.2, 0.25) is 0 Å². The first-order valence-electron chi connectivity index (χ1n) is 13.2. The molecule has 0 saturated heterocycles. The van der Waals surface area contributed by atoms with Crippen LogP contribution in [0.5, 0.6) is 0 Å². The van der Waals surface area contributed by atoms with Gasteiger partial charge in [-0.25, -0.2) is 0 Å². The SMILES string of the molecule is N#Cc1ccc(-c2cc(-c3ccc4c(c3)sc3ccccc34)cc(-c3cccc4c3sc3ccccc34)c2)cc1. The van der Waals surface area contributed by atoms with E-state index in [9.17, 15) is 5.26 Å². The molecule has 0 unspecified atom stereocenters. The molecule has 0 radical (unpaired) electrons. The first-order valence-corrected chi connectivity index (χ1v) is 14.9. The topological polar surface area (TPSA) is 23.8 Å². The van der Waals surface area contributed by atoms with Crippen LogP contribution in [0.2, 0.25) is 0 Å². The highest BCUT2D eigenvalue weighted by molar-refractivity contribution is 7.26. The number of thiophene rings is 2. The van der Waals surface area contributed by atoms with E-state index < -0.39 is 0 Å². The summed E-state index contributed by atoms with van der Waals surface area (Å²) in [5.74, 6) is 0. The van der Waals surface area contributed by atoms with E-state index in [-0.39, 0.29) is 0 Å². The van der Waals surface area contributed by atoms with E-state index in [0.717, 1.165) is 11.1 Å². The van der Waals surface area contributed by atoms with E-state index in [0.29, 0.717) is 5.56 Å². The van der Waals surface area contributed by atoms with E-state index in [2.05, 4.69) is 121 Å². The van der Waals surface area contributed by atoms with Crippen molar-refractivity contribution in [1.29, 1.82) is 5.26 Å². The van der Waals surface area contributed by atoms with E-state index in [4.69, 9.17) is 0 Å². The molecule has 0 aliphatic carbocycles. The minimum atomic E-state index is 0.672. The van der Waals surface area contributed by atoms with Gasteiger partial charge in [0.25, 0.3) is 0 Å². The summed E-state index contributed by atoms with van der Waals surface area (Å²) in [6, 6.07) is 47.9. The fourth-order valence-electron chi connectivity index (χ4n) is 5.73. The largest absolute Gasteiger partial charge is 0.192 e. The Hall–Kier alpha value is -4.75. The van der Waals surface area contributed by atoms with Gasteiger partial charge in [-0.05, 0) is 81.9 Å². The van der Waals surface area contributed by atoms with Crippen molar-refractivity contribution >= 4 is 63.0 Å². The van der Waals surface area contributed by atoms with Crippen molar-refractivity contribution in [2.45, 2.75) is 0 Å². The molecular weight excluding hydrogens is 523 g/mol. The van der Waals surface area contributed by atoms with Crippen molar-refractivity contribution in [2.75, 3.05) is 0 Å². The van der Waals surface area contributed by atoms with Crippen molar-refractivity contribution in [3.8, 4) is 39.4 Å². The summed E-state index contributed by atoms with van der Waals surface area (Å²) < 4.78 is 5.24. The first kappa shape index (κ1) is 23.2. The minimum Gasteiger partial charge on any atom is -0.192 e. The van der Waals surface area contributed by atoms with E-state index in [1.165, 1.54) is 62.6 Å². The summed E-state index contributed by atoms with van der Waals surface area (Å²) in [6.45, 7) is 0. The first-order chi connectivity index (χ1) is 19.7. The zero-order valence-corrected chi connectivity index (χ0v) is 23.0. The van der Waals surface area contributed by atoms with Gasteiger partial charge in [-0.15, -0.1) is 22.7 Å². The second-order valence-corrected chi connectivity index (χ2v) is 12.2. The van der Waals surface area contributed by atoms with Crippen molar-refractivity contribution < 1.29 is 0 Å². The number of nitriles is 1. The molecule has 2 heterocycles. The molecule has 40 heavy (non-hydrogen) atoms. The third-order valence-electron chi connectivity index (χ3n) is 7.71. The fraction of sp³-hybridized carbons (Fsp3) is 0. The average Bonchev–Trinajstić information content (AvgIpc) is 3.59. The Morgan fingerprint density at radius 1 is 0.425 bits per heavy atom. The maximum Gasteiger partial charge on any atom is 0.0991 e. The molecule has 0 bridgehead atoms. The molecule has 1 nitrogen and oxygen atoms in total. The molecule has 0 fully saturated rings. The highest BCUT2D eigenvalue weighted by Gasteiger charge is 2.14. The predicted molar refractivity (Wildman–Crippen MR) is 173 cm³/mol. The van der Waals surface area contributed by atoms with Gasteiger partial charge < -0.3 is 0 Å². The Bertz CT molecular complexity index is 2280. The van der Waals surface area contributed by atoms with Gasteiger partial charge in [0, 0.05) is 40.3 Å². The van der Waals surface area contributed by atoms with Crippen LogP contribution < -0.4 is 0 Å².